The van der Waals surface area contributed by atoms with Gasteiger partial charge in [0.25, 0.3) is 0 Å². The number of nitrogen functional groups attached to an aromatic ring is 1. The van der Waals surface area contributed by atoms with Gasteiger partial charge in [-0.2, -0.15) is 0 Å². The van der Waals surface area contributed by atoms with Crippen molar-refractivity contribution < 1.29 is 4.74 Å². The molecule has 0 unspecified atom stereocenters. The Hall–Kier alpha value is -1.16. The molecule has 3 nitrogen and oxygen atoms in total. The van der Waals surface area contributed by atoms with Crippen LogP contribution in [0, 0.1) is 0 Å². The second kappa shape index (κ2) is 4.58. The molecule has 4 heteroatoms. The third-order valence-corrected chi connectivity index (χ3v) is 2.79. The fourth-order valence-electron chi connectivity index (χ4n) is 1.86. The monoisotopic (exact) mass is 204 g/mol. The number of ether oxygens (including phenoxy) is 1. The Morgan fingerprint density at radius 1 is 1.33 bits per heavy atom. The lowest BCUT2D eigenvalue weighted by molar-refractivity contribution is 0.0904. The molecule has 1 aromatic carbocycles. The lowest BCUT2D eigenvalue weighted by Crippen LogP contribution is -2.28. The van der Waals surface area contributed by atoms with Crippen LogP contribution in [0.15, 0.2) is 18.2 Å². The number of rotatable bonds is 2. The zero-order valence-electron chi connectivity index (χ0n) is 9.12. The van der Waals surface area contributed by atoms with Crippen molar-refractivity contribution in [1.82, 2.24) is 0 Å². The molecule has 0 aromatic heterocycles. The standard InChI is InChI=1S/C11H17BN2O/c12-8-1-2-10(13)11(7-8)14-9-3-5-15-6-4-9/h1-2,7,9,14H,3-6,12-13H2. The molecule has 0 amide bonds. The molecule has 0 atom stereocenters. The van der Waals surface area contributed by atoms with Crippen LogP contribution in [0.1, 0.15) is 12.8 Å². The van der Waals surface area contributed by atoms with Crippen molar-refractivity contribution in [3.8, 4) is 0 Å². The van der Waals surface area contributed by atoms with Crippen molar-refractivity contribution >= 4 is 24.7 Å². The van der Waals surface area contributed by atoms with Crippen molar-refractivity contribution in [2.45, 2.75) is 18.9 Å². The first-order chi connectivity index (χ1) is 7.25. The fourth-order valence-corrected chi connectivity index (χ4v) is 1.86. The molecule has 1 aliphatic rings. The van der Waals surface area contributed by atoms with Gasteiger partial charge in [-0.15, -0.1) is 0 Å². The summed E-state index contributed by atoms with van der Waals surface area (Å²) in [5, 5.41) is 3.48. The molecule has 15 heavy (non-hydrogen) atoms. The van der Waals surface area contributed by atoms with Crippen molar-refractivity contribution in [3.05, 3.63) is 18.2 Å². The van der Waals surface area contributed by atoms with Crippen LogP contribution in [0.25, 0.3) is 0 Å². The lowest BCUT2D eigenvalue weighted by atomic mass is 9.95. The molecule has 1 aliphatic heterocycles. The van der Waals surface area contributed by atoms with Gasteiger partial charge in [-0.25, -0.2) is 0 Å². The molecule has 0 bridgehead atoms. The Balaban J connectivity index is 2.05. The Morgan fingerprint density at radius 2 is 2.07 bits per heavy atom. The lowest BCUT2D eigenvalue weighted by Gasteiger charge is -2.25. The van der Waals surface area contributed by atoms with Crippen molar-refractivity contribution in [2.24, 2.45) is 0 Å². The Kier molecular flexibility index (Phi) is 3.16. The molecule has 1 heterocycles. The number of nitrogens with two attached hydrogens (primary N) is 1. The number of anilines is 2. The van der Waals surface area contributed by atoms with Crippen LogP contribution in [0.4, 0.5) is 11.4 Å². The predicted octanol–water partition coefficient (Wildman–Crippen LogP) is 0.118. The highest BCUT2D eigenvalue weighted by atomic mass is 16.5. The third-order valence-electron chi connectivity index (χ3n) is 2.79. The maximum atomic E-state index is 5.91. The number of nitrogens with one attached hydrogen (secondary N) is 1. The molecule has 0 saturated carbocycles. The molecule has 0 radical (unpaired) electrons. The fraction of sp³-hybridized carbons (Fsp3) is 0.455. The zero-order valence-corrected chi connectivity index (χ0v) is 9.12. The van der Waals surface area contributed by atoms with Crippen LogP contribution in [-0.4, -0.2) is 27.1 Å². The number of benzene rings is 1. The Morgan fingerprint density at radius 3 is 2.80 bits per heavy atom. The van der Waals surface area contributed by atoms with Crippen molar-refractivity contribution in [2.75, 3.05) is 24.3 Å². The summed E-state index contributed by atoms with van der Waals surface area (Å²) in [6, 6.07) is 6.59. The second-order valence-corrected chi connectivity index (χ2v) is 4.12. The molecular formula is C11H17BN2O. The first-order valence-electron chi connectivity index (χ1n) is 5.46. The molecule has 2 rings (SSSR count). The summed E-state index contributed by atoms with van der Waals surface area (Å²) < 4.78 is 5.32. The van der Waals surface area contributed by atoms with Crippen LogP contribution in [0.2, 0.25) is 0 Å². The van der Waals surface area contributed by atoms with Gasteiger partial charge >= 0.3 is 0 Å². The Labute approximate surface area is 91.4 Å². The van der Waals surface area contributed by atoms with Gasteiger partial charge in [0, 0.05) is 19.3 Å². The summed E-state index contributed by atoms with van der Waals surface area (Å²) in [4.78, 5) is 0. The summed E-state index contributed by atoms with van der Waals surface area (Å²) in [6.45, 7) is 1.70. The highest BCUT2D eigenvalue weighted by Gasteiger charge is 2.14. The van der Waals surface area contributed by atoms with E-state index < -0.39 is 0 Å². The van der Waals surface area contributed by atoms with E-state index in [4.69, 9.17) is 10.5 Å². The van der Waals surface area contributed by atoms with Gasteiger partial charge in [-0.1, -0.05) is 11.5 Å². The molecule has 1 saturated heterocycles. The summed E-state index contributed by atoms with van der Waals surface area (Å²) >= 11 is 0. The van der Waals surface area contributed by atoms with Gasteiger partial charge in [0.05, 0.1) is 11.4 Å². The highest BCUT2D eigenvalue weighted by Crippen LogP contribution is 2.19. The quantitative estimate of drug-likeness (QED) is 0.531. The minimum atomic E-state index is 0.503. The first-order valence-corrected chi connectivity index (χ1v) is 5.46. The van der Waals surface area contributed by atoms with E-state index in [9.17, 15) is 0 Å². The largest absolute Gasteiger partial charge is 0.397 e. The topological polar surface area (TPSA) is 47.3 Å². The normalized spacial score (nSPS) is 17.6. The van der Waals surface area contributed by atoms with E-state index in [-0.39, 0.29) is 0 Å². The van der Waals surface area contributed by atoms with Gasteiger partial charge in [-0.3, -0.25) is 0 Å². The molecule has 80 valence electrons. The summed E-state index contributed by atoms with van der Waals surface area (Å²) in [5.41, 5.74) is 9.03. The van der Waals surface area contributed by atoms with Gasteiger partial charge < -0.3 is 15.8 Å². The van der Waals surface area contributed by atoms with E-state index in [1.165, 1.54) is 5.46 Å². The second-order valence-electron chi connectivity index (χ2n) is 4.12. The van der Waals surface area contributed by atoms with E-state index in [0.29, 0.717) is 6.04 Å². The van der Waals surface area contributed by atoms with Crippen LogP contribution in [0.5, 0.6) is 0 Å². The van der Waals surface area contributed by atoms with Crippen LogP contribution >= 0.6 is 0 Å². The van der Waals surface area contributed by atoms with E-state index in [1.54, 1.807) is 0 Å². The minimum absolute atomic E-state index is 0.503. The maximum absolute atomic E-state index is 5.91. The van der Waals surface area contributed by atoms with Crippen molar-refractivity contribution in [3.63, 3.8) is 0 Å². The molecule has 0 aliphatic carbocycles. The molecule has 0 spiro atoms. The summed E-state index contributed by atoms with van der Waals surface area (Å²) in [6.07, 6.45) is 2.13. The van der Waals surface area contributed by atoms with E-state index in [0.717, 1.165) is 37.4 Å². The van der Waals surface area contributed by atoms with E-state index in [2.05, 4.69) is 19.2 Å². The van der Waals surface area contributed by atoms with E-state index >= 15 is 0 Å². The van der Waals surface area contributed by atoms with Crippen LogP contribution < -0.4 is 16.5 Å². The summed E-state index contributed by atoms with van der Waals surface area (Å²) in [5.74, 6) is 0. The summed E-state index contributed by atoms with van der Waals surface area (Å²) in [7, 11) is 2.08. The SMILES string of the molecule is Bc1ccc(N)c(NC2CCOCC2)c1. The van der Waals surface area contributed by atoms with Gasteiger partial charge in [-0.05, 0) is 25.0 Å². The highest BCUT2D eigenvalue weighted by molar-refractivity contribution is 6.32. The van der Waals surface area contributed by atoms with Gasteiger partial charge in [0.15, 0.2) is 0 Å². The first kappa shape index (κ1) is 10.4. The van der Waals surface area contributed by atoms with Crippen molar-refractivity contribution in [1.29, 1.82) is 0 Å². The molecule has 1 fully saturated rings. The minimum Gasteiger partial charge on any atom is -0.397 e. The number of hydrogen-bond donors (Lipinski definition) is 2. The van der Waals surface area contributed by atoms with Crippen LogP contribution in [0.3, 0.4) is 0 Å². The molecule has 3 N–H and O–H groups in total. The molecule has 1 aromatic rings. The van der Waals surface area contributed by atoms with Gasteiger partial charge in [0.2, 0.25) is 0 Å². The number of hydrogen-bond acceptors (Lipinski definition) is 3. The smallest absolute Gasteiger partial charge is 0.139 e. The van der Waals surface area contributed by atoms with E-state index in [1.807, 2.05) is 12.1 Å². The maximum Gasteiger partial charge on any atom is 0.139 e. The Bertz CT molecular complexity index is 337. The third kappa shape index (κ3) is 2.66. The van der Waals surface area contributed by atoms with Crippen LogP contribution in [-0.2, 0) is 4.74 Å². The zero-order chi connectivity index (χ0) is 10.7. The average molecular weight is 204 g/mol. The van der Waals surface area contributed by atoms with Gasteiger partial charge in [0.1, 0.15) is 7.85 Å². The average Bonchev–Trinajstić information content (AvgIpc) is 2.25. The molecular weight excluding hydrogens is 187 g/mol. The predicted molar refractivity (Wildman–Crippen MR) is 66.5 cm³/mol.